The zero-order chi connectivity index (χ0) is 11.8. The lowest BCUT2D eigenvalue weighted by Gasteiger charge is -2.14. The summed E-state index contributed by atoms with van der Waals surface area (Å²) in [5.74, 6) is 0.153. The predicted molar refractivity (Wildman–Crippen MR) is 66.3 cm³/mol. The Balaban J connectivity index is 2.14. The fraction of sp³-hybridized carbons (Fsp3) is 0.333. The fourth-order valence-corrected chi connectivity index (χ4v) is 3.08. The molecule has 86 valence electrons. The molecule has 1 aromatic rings. The normalized spacial score (nSPS) is 22.2. The van der Waals surface area contributed by atoms with E-state index in [-0.39, 0.29) is 11.8 Å². The summed E-state index contributed by atoms with van der Waals surface area (Å²) in [5.41, 5.74) is 3.34. The molecule has 1 heterocycles. The SMILES string of the molecule is Cc1ccc(N[C@@H]2C=CS(=O)(=O)C2)c(C)c1. The van der Waals surface area contributed by atoms with Crippen LogP contribution in [0.25, 0.3) is 0 Å². The summed E-state index contributed by atoms with van der Waals surface area (Å²) in [6.45, 7) is 4.05. The first kappa shape index (κ1) is 11.2. The van der Waals surface area contributed by atoms with Crippen molar-refractivity contribution in [2.45, 2.75) is 19.9 Å². The Bertz CT molecular complexity index is 532. The van der Waals surface area contributed by atoms with Crippen LogP contribution in [0.2, 0.25) is 0 Å². The molecule has 0 saturated heterocycles. The van der Waals surface area contributed by atoms with Crippen molar-refractivity contribution in [3.63, 3.8) is 0 Å². The van der Waals surface area contributed by atoms with E-state index in [9.17, 15) is 8.42 Å². The Labute approximate surface area is 96.1 Å². The molecule has 1 atom stereocenters. The molecule has 0 spiro atoms. The summed E-state index contributed by atoms with van der Waals surface area (Å²) in [6, 6.07) is 5.98. The van der Waals surface area contributed by atoms with Gasteiger partial charge in [0.1, 0.15) is 0 Å². The Hall–Kier alpha value is -1.29. The van der Waals surface area contributed by atoms with E-state index >= 15 is 0 Å². The molecule has 1 N–H and O–H groups in total. The first-order valence-corrected chi connectivity index (χ1v) is 6.92. The zero-order valence-electron chi connectivity index (χ0n) is 9.40. The summed E-state index contributed by atoms with van der Waals surface area (Å²) in [4.78, 5) is 0. The minimum absolute atomic E-state index is 0.105. The molecule has 4 heteroatoms. The van der Waals surface area contributed by atoms with Gasteiger partial charge in [0.25, 0.3) is 0 Å². The highest BCUT2D eigenvalue weighted by molar-refractivity contribution is 7.94. The number of hydrogen-bond acceptors (Lipinski definition) is 3. The van der Waals surface area contributed by atoms with Gasteiger partial charge in [-0.25, -0.2) is 8.42 Å². The molecule has 2 rings (SSSR count). The van der Waals surface area contributed by atoms with Gasteiger partial charge in [0, 0.05) is 11.1 Å². The van der Waals surface area contributed by atoms with E-state index in [1.807, 2.05) is 26.0 Å². The first-order valence-electron chi connectivity index (χ1n) is 5.21. The van der Waals surface area contributed by atoms with E-state index in [0.29, 0.717) is 0 Å². The van der Waals surface area contributed by atoms with Gasteiger partial charge in [0.05, 0.1) is 11.8 Å². The fourth-order valence-electron chi connectivity index (χ4n) is 1.84. The molecule has 1 aromatic carbocycles. The number of anilines is 1. The molecule has 1 aliphatic rings. The molecule has 16 heavy (non-hydrogen) atoms. The van der Waals surface area contributed by atoms with Crippen LogP contribution in [0.1, 0.15) is 11.1 Å². The highest BCUT2D eigenvalue weighted by atomic mass is 32.2. The third-order valence-electron chi connectivity index (χ3n) is 2.65. The van der Waals surface area contributed by atoms with E-state index in [4.69, 9.17) is 0 Å². The molecular formula is C12H15NO2S. The Morgan fingerprint density at radius 1 is 1.31 bits per heavy atom. The quantitative estimate of drug-likeness (QED) is 0.856. The molecule has 0 unspecified atom stereocenters. The van der Waals surface area contributed by atoms with Crippen LogP contribution in [0.3, 0.4) is 0 Å². The van der Waals surface area contributed by atoms with Crippen molar-refractivity contribution in [2.24, 2.45) is 0 Å². The summed E-state index contributed by atoms with van der Waals surface area (Å²) >= 11 is 0. The Kier molecular flexibility index (Phi) is 2.76. The van der Waals surface area contributed by atoms with Gasteiger partial charge < -0.3 is 5.32 Å². The van der Waals surface area contributed by atoms with E-state index in [0.717, 1.165) is 11.3 Å². The second kappa shape index (κ2) is 3.94. The van der Waals surface area contributed by atoms with E-state index < -0.39 is 9.84 Å². The van der Waals surface area contributed by atoms with Crippen LogP contribution in [0.5, 0.6) is 0 Å². The molecule has 0 amide bonds. The smallest absolute Gasteiger partial charge is 0.173 e. The Morgan fingerprint density at radius 2 is 2.06 bits per heavy atom. The molecule has 0 saturated carbocycles. The lowest BCUT2D eigenvalue weighted by atomic mass is 10.1. The monoisotopic (exact) mass is 237 g/mol. The van der Waals surface area contributed by atoms with Gasteiger partial charge in [-0.05, 0) is 25.5 Å². The number of aryl methyl sites for hydroxylation is 2. The molecular weight excluding hydrogens is 222 g/mol. The van der Waals surface area contributed by atoms with Crippen LogP contribution in [0.4, 0.5) is 5.69 Å². The van der Waals surface area contributed by atoms with E-state index in [2.05, 4.69) is 11.4 Å². The highest BCUT2D eigenvalue weighted by Gasteiger charge is 2.21. The molecule has 0 aliphatic carbocycles. The second-order valence-electron chi connectivity index (χ2n) is 4.23. The topological polar surface area (TPSA) is 46.2 Å². The van der Waals surface area contributed by atoms with Crippen LogP contribution >= 0.6 is 0 Å². The van der Waals surface area contributed by atoms with Gasteiger partial charge in [-0.15, -0.1) is 0 Å². The Morgan fingerprint density at radius 3 is 2.62 bits per heavy atom. The zero-order valence-corrected chi connectivity index (χ0v) is 10.2. The summed E-state index contributed by atoms with van der Waals surface area (Å²) in [5, 5.41) is 4.51. The van der Waals surface area contributed by atoms with Crippen molar-refractivity contribution >= 4 is 15.5 Å². The average Bonchev–Trinajstić information content (AvgIpc) is 2.51. The van der Waals surface area contributed by atoms with E-state index in [1.165, 1.54) is 11.0 Å². The molecule has 1 aliphatic heterocycles. The van der Waals surface area contributed by atoms with Gasteiger partial charge in [-0.1, -0.05) is 23.8 Å². The minimum atomic E-state index is -2.98. The number of nitrogens with one attached hydrogen (secondary N) is 1. The highest BCUT2D eigenvalue weighted by Crippen LogP contribution is 2.19. The number of benzene rings is 1. The van der Waals surface area contributed by atoms with Gasteiger partial charge >= 0.3 is 0 Å². The van der Waals surface area contributed by atoms with Crippen molar-refractivity contribution in [3.8, 4) is 0 Å². The van der Waals surface area contributed by atoms with Gasteiger partial charge in [0.15, 0.2) is 9.84 Å². The summed E-state index contributed by atoms with van der Waals surface area (Å²) in [7, 11) is -2.98. The third-order valence-corrected chi connectivity index (χ3v) is 4.05. The lowest BCUT2D eigenvalue weighted by Crippen LogP contribution is -2.21. The van der Waals surface area contributed by atoms with E-state index in [1.54, 1.807) is 6.08 Å². The average molecular weight is 237 g/mol. The lowest BCUT2D eigenvalue weighted by molar-refractivity contribution is 0.605. The van der Waals surface area contributed by atoms with Crippen LogP contribution in [-0.2, 0) is 9.84 Å². The first-order chi connectivity index (χ1) is 7.46. The minimum Gasteiger partial charge on any atom is -0.378 e. The number of sulfone groups is 1. The molecule has 0 radical (unpaired) electrons. The predicted octanol–water partition coefficient (Wildman–Crippen LogP) is 2.03. The third kappa shape index (κ3) is 2.44. The van der Waals surface area contributed by atoms with Crippen LogP contribution < -0.4 is 5.32 Å². The second-order valence-corrected chi connectivity index (χ2v) is 6.16. The van der Waals surface area contributed by atoms with Crippen molar-refractivity contribution < 1.29 is 8.42 Å². The van der Waals surface area contributed by atoms with Crippen LogP contribution in [0.15, 0.2) is 29.7 Å². The number of rotatable bonds is 2. The maximum atomic E-state index is 11.2. The maximum Gasteiger partial charge on any atom is 0.173 e. The van der Waals surface area contributed by atoms with Crippen LogP contribution in [0, 0.1) is 13.8 Å². The van der Waals surface area contributed by atoms with Crippen LogP contribution in [-0.4, -0.2) is 20.2 Å². The molecule has 0 aromatic heterocycles. The van der Waals surface area contributed by atoms with Crippen molar-refractivity contribution in [1.29, 1.82) is 0 Å². The molecule has 0 fully saturated rings. The standard InChI is InChI=1S/C12H15NO2S/c1-9-3-4-12(10(2)7-9)13-11-5-6-16(14,15)8-11/h3-7,11,13H,8H2,1-2H3/t11-/m1/s1. The van der Waals surface area contributed by atoms with Gasteiger partial charge in [0.2, 0.25) is 0 Å². The van der Waals surface area contributed by atoms with Crippen molar-refractivity contribution in [2.75, 3.05) is 11.1 Å². The van der Waals surface area contributed by atoms with Gasteiger partial charge in [-0.3, -0.25) is 0 Å². The molecule has 3 nitrogen and oxygen atoms in total. The summed E-state index contributed by atoms with van der Waals surface area (Å²) in [6.07, 6.45) is 1.70. The van der Waals surface area contributed by atoms with Crippen molar-refractivity contribution in [3.05, 3.63) is 40.8 Å². The summed E-state index contributed by atoms with van der Waals surface area (Å²) < 4.78 is 22.5. The van der Waals surface area contributed by atoms with Crippen molar-refractivity contribution in [1.82, 2.24) is 0 Å². The maximum absolute atomic E-state index is 11.2. The largest absolute Gasteiger partial charge is 0.378 e. The molecule has 0 bridgehead atoms. The number of hydrogen-bond donors (Lipinski definition) is 1. The van der Waals surface area contributed by atoms with Gasteiger partial charge in [-0.2, -0.15) is 0 Å².